The monoisotopic (exact) mass is 499 g/mol. The molecule has 0 aromatic heterocycles. The van der Waals surface area contributed by atoms with Gasteiger partial charge in [-0.1, -0.05) is 43.2 Å². The van der Waals surface area contributed by atoms with Crippen LogP contribution in [0, 0.1) is 11.7 Å². The molecule has 1 saturated carbocycles. The van der Waals surface area contributed by atoms with Crippen LogP contribution in [0.25, 0.3) is 0 Å². The number of nitrogens with one attached hydrogen (secondary N) is 2. The fraction of sp³-hybridized carbons (Fsp3) is 0.444. The van der Waals surface area contributed by atoms with Crippen molar-refractivity contribution >= 4 is 29.3 Å². The van der Waals surface area contributed by atoms with Gasteiger partial charge in [0.1, 0.15) is 11.2 Å². The molecule has 1 saturated heterocycles. The Morgan fingerprint density at radius 3 is 2.23 bits per heavy atom. The highest BCUT2D eigenvalue weighted by Gasteiger charge is 2.34. The Balaban J connectivity index is 1.35. The molecule has 4 atom stereocenters. The summed E-state index contributed by atoms with van der Waals surface area (Å²) in [6, 6.07) is 14.3. The largest absolute Gasteiger partial charge is 0.351 e. The molecule has 35 heavy (non-hydrogen) atoms. The maximum absolute atomic E-state index is 13.2. The number of halogens is 2. The minimum Gasteiger partial charge on any atom is -0.351 e. The average Bonchev–Trinajstić information content (AvgIpc) is 2.90. The van der Waals surface area contributed by atoms with Crippen LogP contribution < -0.4 is 10.6 Å². The summed E-state index contributed by atoms with van der Waals surface area (Å²) < 4.78 is 13.2. The molecule has 0 radical (unpaired) electrons. The Labute approximate surface area is 210 Å². The average molecular weight is 500 g/mol. The van der Waals surface area contributed by atoms with E-state index in [1.165, 1.54) is 24.3 Å². The van der Waals surface area contributed by atoms with E-state index in [4.69, 9.17) is 11.6 Å². The minimum absolute atomic E-state index is 0.0961. The smallest absolute Gasteiger partial charge is 0.251 e. The van der Waals surface area contributed by atoms with Crippen LogP contribution in [0.5, 0.6) is 0 Å². The van der Waals surface area contributed by atoms with Crippen LogP contribution in [0.4, 0.5) is 4.39 Å². The zero-order valence-electron chi connectivity index (χ0n) is 19.6. The summed E-state index contributed by atoms with van der Waals surface area (Å²) in [6.45, 7) is 0.915. The maximum atomic E-state index is 13.2. The predicted molar refractivity (Wildman–Crippen MR) is 132 cm³/mol. The molecule has 0 unspecified atom stereocenters. The zero-order chi connectivity index (χ0) is 24.8. The number of carbonyl (C=O) groups excluding carboxylic acids is 3. The van der Waals surface area contributed by atoms with Gasteiger partial charge < -0.3 is 15.5 Å². The summed E-state index contributed by atoms with van der Waals surface area (Å²) >= 11 is 6.45. The molecule has 6 nitrogen and oxygen atoms in total. The second kappa shape index (κ2) is 11.7. The summed E-state index contributed by atoms with van der Waals surface area (Å²) in [4.78, 5) is 40.5. The molecular weight excluding hydrogens is 469 g/mol. The molecule has 2 aromatic rings. The lowest BCUT2D eigenvalue weighted by molar-refractivity contribution is -0.135. The molecule has 0 spiro atoms. The molecule has 2 N–H and O–H groups in total. The van der Waals surface area contributed by atoms with E-state index in [1.54, 1.807) is 4.90 Å². The first-order valence-electron chi connectivity index (χ1n) is 12.3. The third-order valence-electron chi connectivity index (χ3n) is 6.93. The second-order valence-corrected chi connectivity index (χ2v) is 9.82. The van der Waals surface area contributed by atoms with Crippen molar-refractivity contribution in [3.63, 3.8) is 0 Å². The van der Waals surface area contributed by atoms with Gasteiger partial charge in [-0.15, -0.1) is 11.6 Å². The van der Waals surface area contributed by atoms with E-state index in [0.29, 0.717) is 25.1 Å². The Morgan fingerprint density at radius 1 is 0.886 bits per heavy atom. The lowest BCUT2D eigenvalue weighted by Gasteiger charge is -2.36. The maximum Gasteiger partial charge on any atom is 0.251 e. The number of benzene rings is 2. The van der Waals surface area contributed by atoms with E-state index in [0.717, 1.165) is 37.7 Å². The summed E-state index contributed by atoms with van der Waals surface area (Å²) in [6.07, 6.45) is 4.90. The Morgan fingerprint density at radius 2 is 1.54 bits per heavy atom. The summed E-state index contributed by atoms with van der Waals surface area (Å²) in [5.41, 5.74) is 1.13. The Kier molecular flexibility index (Phi) is 8.39. The quantitative estimate of drug-likeness (QED) is 0.585. The predicted octanol–water partition coefficient (Wildman–Crippen LogP) is 4.20. The topological polar surface area (TPSA) is 78.5 Å². The molecule has 3 amide bonds. The van der Waals surface area contributed by atoms with Crippen molar-refractivity contribution in [2.45, 2.75) is 56.0 Å². The highest BCUT2D eigenvalue weighted by molar-refractivity contribution is 6.30. The van der Waals surface area contributed by atoms with E-state index in [-0.39, 0.29) is 35.7 Å². The first kappa shape index (κ1) is 25.2. The van der Waals surface area contributed by atoms with Crippen molar-refractivity contribution in [2.24, 2.45) is 5.92 Å². The molecule has 0 bridgehead atoms. The zero-order valence-corrected chi connectivity index (χ0v) is 20.3. The first-order chi connectivity index (χ1) is 16.9. The SMILES string of the molecule is O=C(N[C@@H]1CCCC[C@H]1NC(=O)[C@H]1CCCN(C(=O)[C@H](Cl)c2ccccc2)C1)c1ccc(F)cc1. The number of alkyl halides is 1. The Hall–Kier alpha value is -2.93. The van der Waals surface area contributed by atoms with Crippen LogP contribution in [0.1, 0.15) is 59.8 Å². The highest BCUT2D eigenvalue weighted by atomic mass is 35.5. The molecule has 1 aliphatic heterocycles. The van der Waals surface area contributed by atoms with Crippen molar-refractivity contribution in [3.05, 3.63) is 71.5 Å². The van der Waals surface area contributed by atoms with Gasteiger partial charge >= 0.3 is 0 Å². The van der Waals surface area contributed by atoms with Gasteiger partial charge in [0.05, 0.1) is 5.92 Å². The molecule has 8 heteroatoms. The van der Waals surface area contributed by atoms with Gasteiger partial charge in [-0.2, -0.15) is 0 Å². The molecule has 2 fully saturated rings. The third kappa shape index (κ3) is 6.40. The standard InChI is InChI=1S/C27H31ClFN3O3/c28-24(18-7-2-1-3-8-18)27(35)32-16-6-9-20(17-32)26(34)31-23-11-5-4-10-22(23)30-25(33)19-12-14-21(29)15-13-19/h1-3,7-8,12-15,20,22-24H,4-6,9-11,16-17H2,(H,30,33)(H,31,34)/t20-,22+,23+,24+/m0/s1. The number of piperidine rings is 1. The van der Waals surface area contributed by atoms with Crippen molar-refractivity contribution in [2.75, 3.05) is 13.1 Å². The molecule has 4 rings (SSSR count). The van der Waals surface area contributed by atoms with E-state index < -0.39 is 11.2 Å². The van der Waals surface area contributed by atoms with Gasteiger partial charge in [-0.3, -0.25) is 14.4 Å². The molecule has 2 aromatic carbocycles. The number of hydrogen-bond acceptors (Lipinski definition) is 3. The molecule has 1 heterocycles. The van der Waals surface area contributed by atoms with Gasteiger partial charge in [0.15, 0.2) is 0 Å². The number of carbonyl (C=O) groups is 3. The second-order valence-electron chi connectivity index (χ2n) is 9.38. The fourth-order valence-corrected chi connectivity index (χ4v) is 5.23. The van der Waals surface area contributed by atoms with Crippen molar-refractivity contribution in [3.8, 4) is 0 Å². The van der Waals surface area contributed by atoms with Crippen molar-refractivity contribution < 1.29 is 18.8 Å². The number of likely N-dealkylation sites (tertiary alicyclic amines) is 1. The summed E-state index contributed by atoms with van der Waals surface area (Å²) in [5.74, 6) is -1.27. The summed E-state index contributed by atoms with van der Waals surface area (Å²) in [7, 11) is 0. The van der Waals surface area contributed by atoms with Crippen LogP contribution in [-0.4, -0.2) is 47.8 Å². The minimum atomic E-state index is -0.776. The van der Waals surface area contributed by atoms with Gasteiger partial charge in [0.25, 0.3) is 5.91 Å². The first-order valence-corrected chi connectivity index (χ1v) is 12.7. The van der Waals surface area contributed by atoms with Gasteiger partial charge in [-0.05, 0) is 55.5 Å². The number of amides is 3. The summed E-state index contributed by atoms with van der Waals surface area (Å²) in [5, 5.41) is 5.38. The Bertz CT molecular complexity index is 1030. The van der Waals surface area contributed by atoms with E-state index in [2.05, 4.69) is 10.6 Å². The number of nitrogens with zero attached hydrogens (tertiary/aromatic N) is 1. The number of hydrogen-bond donors (Lipinski definition) is 2. The number of rotatable bonds is 6. The molecule has 2 aliphatic rings. The van der Waals surface area contributed by atoms with Crippen molar-refractivity contribution in [1.82, 2.24) is 15.5 Å². The van der Waals surface area contributed by atoms with E-state index in [1.807, 2.05) is 30.3 Å². The lowest BCUT2D eigenvalue weighted by Crippen LogP contribution is -2.55. The molecule has 1 aliphatic carbocycles. The lowest BCUT2D eigenvalue weighted by atomic mass is 9.88. The van der Waals surface area contributed by atoms with Gasteiger partial charge in [0, 0.05) is 30.7 Å². The van der Waals surface area contributed by atoms with Crippen LogP contribution in [-0.2, 0) is 9.59 Å². The molecular formula is C27H31ClFN3O3. The van der Waals surface area contributed by atoms with Crippen LogP contribution in [0.2, 0.25) is 0 Å². The molecule has 186 valence electrons. The van der Waals surface area contributed by atoms with Gasteiger partial charge in [0.2, 0.25) is 11.8 Å². The highest BCUT2D eigenvalue weighted by Crippen LogP contribution is 2.27. The third-order valence-corrected chi connectivity index (χ3v) is 7.37. The van der Waals surface area contributed by atoms with E-state index >= 15 is 0 Å². The van der Waals surface area contributed by atoms with Crippen molar-refractivity contribution in [1.29, 1.82) is 0 Å². The van der Waals surface area contributed by atoms with E-state index in [9.17, 15) is 18.8 Å². The normalized spacial score (nSPS) is 23.3. The van der Waals surface area contributed by atoms with Crippen LogP contribution in [0.3, 0.4) is 0 Å². The van der Waals surface area contributed by atoms with Gasteiger partial charge in [-0.25, -0.2) is 4.39 Å². The van der Waals surface area contributed by atoms with Crippen LogP contribution in [0.15, 0.2) is 54.6 Å². The van der Waals surface area contributed by atoms with Crippen LogP contribution >= 0.6 is 11.6 Å². The fourth-order valence-electron chi connectivity index (χ4n) is 4.95.